The Hall–Kier alpha value is -0.160. The van der Waals surface area contributed by atoms with Gasteiger partial charge in [-0.25, -0.2) is 0 Å². The van der Waals surface area contributed by atoms with Crippen molar-refractivity contribution in [3.63, 3.8) is 0 Å². The van der Waals surface area contributed by atoms with Crippen LogP contribution >= 0.6 is 0 Å². The predicted octanol–water partition coefficient (Wildman–Crippen LogP) is 4.57. The van der Waals surface area contributed by atoms with Crippen molar-refractivity contribution in [3.05, 3.63) is 0 Å². The number of hydrogen-bond donors (Lipinski definition) is 0. The maximum Gasteiger partial charge on any atom is 0.160 e. The summed E-state index contributed by atoms with van der Waals surface area (Å²) in [5.41, 5.74) is 0. The Bertz CT molecular complexity index is 318. The van der Waals surface area contributed by atoms with E-state index in [1.54, 1.807) is 14.2 Å². The van der Waals surface area contributed by atoms with Gasteiger partial charge in [0.1, 0.15) is 0 Å². The first kappa shape index (κ1) is 21.9. The average Bonchev–Trinajstić information content (AvgIpc) is 2.58. The van der Waals surface area contributed by atoms with Crippen molar-refractivity contribution in [3.8, 4) is 0 Å². The molecule has 2 heterocycles. The van der Waals surface area contributed by atoms with Crippen molar-refractivity contribution in [2.45, 2.75) is 80.2 Å². The molecule has 0 spiro atoms. The zero-order chi connectivity index (χ0) is 18.6. The van der Waals surface area contributed by atoms with E-state index < -0.39 is 0 Å². The van der Waals surface area contributed by atoms with Crippen LogP contribution in [0.3, 0.4) is 0 Å². The Morgan fingerprint density at radius 2 is 0.750 bits per heavy atom. The molecule has 0 unspecified atom stereocenters. The Balaban J connectivity index is 0.000000240. The first-order valence-electron chi connectivity index (χ1n) is 9.52. The maximum absolute atomic E-state index is 5.71. The largest absolute Gasteiger partial charge is 0.356 e. The van der Waals surface area contributed by atoms with Gasteiger partial charge < -0.3 is 18.9 Å². The summed E-state index contributed by atoms with van der Waals surface area (Å²) in [6.45, 7) is 17.7. The molecule has 0 radical (unpaired) electrons. The fourth-order valence-corrected chi connectivity index (χ4v) is 3.77. The molecule has 2 aliphatic rings. The number of rotatable bonds is 2. The highest BCUT2D eigenvalue weighted by atomic mass is 16.7. The predicted molar refractivity (Wildman–Crippen MR) is 97.7 cm³/mol. The molecular weight excluding hydrogens is 304 g/mol. The third kappa shape index (κ3) is 4.94. The molecule has 0 saturated carbocycles. The topological polar surface area (TPSA) is 36.9 Å². The minimum atomic E-state index is -0.00815. The van der Waals surface area contributed by atoms with Crippen LogP contribution in [-0.2, 0) is 18.9 Å². The van der Waals surface area contributed by atoms with E-state index in [2.05, 4.69) is 55.4 Å². The SMILES string of the molecule is CO[C@@H]1O[C@@H](C)[C@@H](C)[C@@H](C)[C@H]1C.CO[C@H]1O[C@@H](C)[C@@H](C)[C@@H](C)[C@H]1C. The summed E-state index contributed by atoms with van der Waals surface area (Å²) in [5.74, 6) is 3.62. The zero-order valence-electron chi connectivity index (χ0n) is 17.4. The Morgan fingerprint density at radius 3 is 1.00 bits per heavy atom. The van der Waals surface area contributed by atoms with Crippen LogP contribution in [0.25, 0.3) is 0 Å². The van der Waals surface area contributed by atoms with Gasteiger partial charge in [-0.05, 0) is 37.5 Å². The zero-order valence-corrected chi connectivity index (χ0v) is 17.4. The van der Waals surface area contributed by atoms with Gasteiger partial charge in [-0.15, -0.1) is 0 Å². The molecular formula is C20H40O4. The first-order valence-corrected chi connectivity index (χ1v) is 9.52. The highest BCUT2D eigenvalue weighted by Crippen LogP contribution is 2.35. The molecule has 144 valence electrons. The molecule has 2 fully saturated rings. The van der Waals surface area contributed by atoms with E-state index in [-0.39, 0.29) is 12.6 Å². The molecule has 0 aromatic rings. The van der Waals surface area contributed by atoms with Gasteiger partial charge in [-0.3, -0.25) is 0 Å². The highest BCUT2D eigenvalue weighted by Gasteiger charge is 2.37. The highest BCUT2D eigenvalue weighted by molar-refractivity contribution is 4.81. The monoisotopic (exact) mass is 344 g/mol. The molecule has 4 nitrogen and oxygen atoms in total. The van der Waals surface area contributed by atoms with Gasteiger partial charge in [0, 0.05) is 26.1 Å². The summed E-state index contributed by atoms with van der Waals surface area (Å²) < 4.78 is 22.0. The molecule has 0 amide bonds. The van der Waals surface area contributed by atoms with E-state index in [1.807, 2.05) is 0 Å². The third-order valence-corrected chi connectivity index (χ3v) is 6.82. The van der Waals surface area contributed by atoms with Crippen LogP contribution in [0.15, 0.2) is 0 Å². The van der Waals surface area contributed by atoms with Gasteiger partial charge in [0.25, 0.3) is 0 Å². The van der Waals surface area contributed by atoms with Crippen molar-refractivity contribution >= 4 is 0 Å². The Labute approximate surface area is 149 Å². The lowest BCUT2D eigenvalue weighted by atomic mass is 9.79. The summed E-state index contributed by atoms with van der Waals surface area (Å²) in [6, 6.07) is 0. The third-order valence-electron chi connectivity index (χ3n) is 6.82. The minimum Gasteiger partial charge on any atom is -0.356 e. The van der Waals surface area contributed by atoms with Crippen LogP contribution in [0.2, 0.25) is 0 Å². The molecule has 0 bridgehead atoms. The van der Waals surface area contributed by atoms with Crippen LogP contribution in [0.5, 0.6) is 0 Å². The molecule has 2 aliphatic heterocycles. The number of methoxy groups -OCH3 is 2. The van der Waals surface area contributed by atoms with Crippen LogP contribution in [-0.4, -0.2) is 39.0 Å². The molecule has 24 heavy (non-hydrogen) atoms. The molecule has 0 aromatic heterocycles. The van der Waals surface area contributed by atoms with Crippen LogP contribution in [0.4, 0.5) is 0 Å². The molecule has 10 atom stereocenters. The van der Waals surface area contributed by atoms with E-state index in [0.29, 0.717) is 47.7 Å². The van der Waals surface area contributed by atoms with E-state index in [1.165, 1.54) is 0 Å². The van der Waals surface area contributed by atoms with Crippen molar-refractivity contribution in [2.24, 2.45) is 35.5 Å². The van der Waals surface area contributed by atoms with Gasteiger partial charge in [-0.2, -0.15) is 0 Å². The Kier molecular flexibility index (Phi) is 8.67. The van der Waals surface area contributed by atoms with Gasteiger partial charge in [0.2, 0.25) is 0 Å². The first-order chi connectivity index (χ1) is 11.1. The lowest BCUT2D eigenvalue weighted by Crippen LogP contribution is -2.44. The number of hydrogen-bond acceptors (Lipinski definition) is 4. The number of ether oxygens (including phenoxy) is 4. The summed E-state index contributed by atoms with van der Waals surface area (Å²) in [7, 11) is 3.44. The summed E-state index contributed by atoms with van der Waals surface area (Å²) in [4.78, 5) is 0. The average molecular weight is 345 g/mol. The second kappa shape index (κ2) is 9.51. The summed E-state index contributed by atoms with van der Waals surface area (Å²) in [6.07, 6.45) is 0.625. The van der Waals surface area contributed by atoms with Gasteiger partial charge in [-0.1, -0.05) is 41.5 Å². The summed E-state index contributed by atoms with van der Waals surface area (Å²) >= 11 is 0. The van der Waals surface area contributed by atoms with Gasteiger partial charge in [0.15, 0.2) is 12.6 Å². The van der Waals surface area contributed by atoms with Crippen molar-refractivity contribution in [2.75, 3.05) is 14.2 Å². The van der Waals surface area contributed by atoms with Gasteiger partial charge in [0.05, 0.1) is 12.2 Å². The van der Waals surface area contributed by atoms with Crippen molar-refractivity contribution in [1.82, 2.24) is 0 Å². The van der Waals surface area contributed by atoms with Crippen molar-refractivity contribution < 1.29 is 18.9 Å². The molecule has 2 saturated heterocycles. The fraction of sp³-hybridized carbons (Fsp3) is 1.00. The van der Waals surface area contributed by atoms with Crippen LogP contribution in [0, 0.1) is 35.5 Å². The van der Waals surface area contributed by atoms with Crippen LogP contribution < -0.4 is 0 Å². The molecule has 0 aromatic carbocycles. The molecule has 4 heteroatoms. The smallest absolute Gasteiger partial charge is 0.160 e. The van der Waals surface area contributed by atoms with E-state index >= 15 is 0 Å². The normalized spacial score (nSPS) is 49.2. The molecule has 2 rings (SSSR count). The standard InChI is InChI=1S/2C10H20O2/c2*1-6-7(2)9(4)12-10(11-5)8(6)3/h2*6-10H,1-5H3/t6-,7+,8-,9+,10+;6-,7+,8-,9+,10-/m11/s1. The molecule has 0 aliphatic carbocycles. The van der Waals surface area contributed by atoms with Crippen molar-refractivity contribution in [1.29, 1.82) is 0 Å². The maximum atomic E-state index is 5.71. The molecule has 0 N–H and O–H groups in total. The van der Waals surface area contributed by atoms with E-state index in [0.717, 1.165) is 0 Å². The quantitative estimate of drug-likeness (QED) is 0.735. The van der Waals surface area contributed by atoms with E-state index in [4.69, 9.17) is 18.9 Å². The lowest BCUT2D eigenvalue weighted by molar-refractivity contribution is -0.232. The van der Waals surface area contributed by atoms with Crippen LogP contribution in [0.1, 0.15) is 55.4 Å². The second-order valence-electron chi connectivity index (χ2n) is 8.05. The Morgan fingerprint density at radius 1 is 0.458 bits per heavy atom. The summed E-state index contributed by atoms with van der Waals surface area (Å²) in [5, 5.41) is 0. The lowest BCUT2D eigenvalue weighted by Gasteiger charge is -2.41. The minimum absolute atomic E-state index is 0.00815. The second-order valence-corrected chi connectivity index (χ2v) is 8.05. The van der Waals surface area contributed by atoms with E-state index in [9.17, 15) is 0 Å². The van der Waals surface area contributed by atoms with Gasteiger partial charge >= 0.3 is 0 Å². The fourth-order valence-electron chi connectivity index (χ4n) is 3.77.